The van der Waals surface area contributed by atoms with Gasteiger partial charge < -0.3 is 9.64 Å². The SMILES string of the molecule is CCC1CN(C(=O)C2=CC(c3csc(C)n3)=CC2)CCO1. The fraction of sp³-hybridized carbons (Fsp3) is 0.500. The van der Waals surface area contributed by atoms with Crippen LogP contribution >= 0.6 is 11.3 Å². The molecule has 4 nitrogen and oxygen atoms in total. The van der Waals surface area contributed by atoms with E-state index in [4.69, 9.17) is 4.74 Å². The molecule has 5 heteroatoms. The molecule has 1 amide bonds. The van der Waals surface area contributed by atoms with E-state index in [1.165, 1.54) is 0 Å². The molecule has 1 unspecified atom stereocenters. The minimum atomic E-state index is 0.148. The van der Waals surface area contributed by atoms with Gasteiger partial charge in [-0.25, -0.2) is 4.98 Å². The van der Waals surface area contributed by atoms with Crippen molar-refractivity contribution in [1.82, 2.24) is 9.88 Å². The number of thiazole rings is 1. The standard InChI is InChI=1S/C16H20N2O2S/c1-3-14-9-18(6-7-20-14)16(19)13-5-4-12(8-13)15-10-21-11(2)17-15/h4,8,10,14H,3,5-7,9H2,1-2H3. The van der Waals surface area contributed by atoms with Gasteiger partial charge in [0.2, 0.25) is 5.91 Å². The lowest BCUT2D eigenvalue weighted by atomic mass is 10.1. The van der Waals surface area contributed by atoms with Gasteiger partial charge in [-0.05, 0) is 31.4 Å². The van der Waals surface area contributed by atoms with E-state index in [2.05, 4.69) is 18.0 Å². The van der Waals surface area contributed by atoms with Gasteiger partial charge in [0.15, 0.2) is 0 Å². The van der Waals surface area contributed by atoms with Crippen molar-refractivity contribution in [2.24, 2.45) is 0 Å². The number of aryl methyl sites for hydroxylation is 1. The van der Waals surface area contributed by atoms with Crippen molar-refractivity contribution in [3.63, 3.8) is 0 Å². The zero-order valence-electron chi connectivity index (χ0n) is 12.5. The quantitative estimate of drug-likeness (QED) is 0.862. The lowest BCUT2D eigenvalue weighted by Gasteiger charge is -2.32. The van der Waals surface area contributed by atoms with Crippen molar-refractivity contribution in [1.29, 1.82) is 0 Å². The Kier molecular flexibility index (Phi) is 4.22. The number of ether oxygens (including phenoxy) is 1. The number of nitrogens with zero attached hydrogens (tertiary/aromatic N) is 2. The molecule has 112 valence electrons. The molecule has 1 aliphatic carbocycles. The van der Waals surface area contributed by atoms with Gasteiger partial charge in [0.05, 0.1) is 23.4 Å². The fourth-order valence-corrected chi connectivity index (χ4v) is 3.32. The number of aromatic nitrogens is 1. The predicted molar refractivity (Wildman–Crippen MR) is 84.1 cm³/mol. The van der Waals surface area contributed by atoms with Gasteiger partial charge >= 0.3 is 0 Å². The molecule has 0 aromatic carbocycles. The third-order valence-electron chi connectivity index (χ3n) is 3.94. The summed E-state index contributed by atoms with van der Waals surface area (Å²) in [6.07, 6.45) is 5.93. The largest absolute Gasteiger partial charge is 0.375 e. The highest BCUT2D eigenvalue weighted by molar-refractivity contribution is 7.09. The fourth-order valence-electron chi connectivity index (χ4n) is 2.70. The summed E-state index contributed by atoms with van der Waals surface area (Å²) in [5.41, 5.74) is 2.92. The number of hydrogen-bond donors (Lipinski definition) is 0. The number of carbonyl (C=O) groups is 1. The van der Waals surface area contributed by atoms with Crippen LogP contribution < -0.4 is 0 Å². The van der Waals surface area contributed by atoms with Crippen molar-refractivity contribution in [3.8, 4) is 0 Å². The first kappa shape index (κ1) is 14.5. The predicted octanol–water partition coefficient (Wildman–Crippen LogP) is 2.80. The molecule has 3 rings (SSSR count). The van der Waals surface area contributed by atoms with E-state index in [9.17, 15) is 4.79 Å². The van der Waals surface area contributed by atoms with Gasteiger partial charge in [-0.15, -0.1) is 11.3 Å². The average molecular weight is 304 g/mol. The maximum atomic E-state index is 12.6. The van der Waals surface area contributed by atoms with E-state index in [0.717, 1.165) is 28.3 Å². The van der Waals surface area contributed by atoms with Crippen LogP contribution in [-0.2, 0) is 9.53 Å². The highest BCUT2D eigenvalue weighted by Crippen LogP contribution is 2.28. The first-order valence-corrected chi connectivity index (χ1v) is 8.29. The molecule has 0 saturated carbocycles. The Morgan fingerprint density at radius 3 is 3.14 bits per heavy atom. The Morgan fingerprint density at radius 2 is 2.43 bits per heavy atom. The highest BCUT2D eigenvalue weighted by atomic mass is 32.1. The lowest BCUT2D eigenvalue weighted by Crippen LogP contribution is -2.45. The zero-order chi connectivity index (χ0) is 14.8. The van der Waals surface area contributed by atoms with Gasteiger partial charge in [0.25, 0.3) is 0 Å². The number of hydrogen-bond acceptors (Lipinski definition) is 4. The number of allylic oxidation sites excluding steroid dienone is 3. The first-order valence-electron chi connectivity index (χ1n) is 7.41. The van der Waals surface area contributed by atoms with Crippen LogP contribution in [0.4, 0.5) is 0 Å². The van der Waals surface area contributed by atoms with Crippen LogP contribution in [0.5, 0.6) is 0 Å². The molecule has 1 aliphatic heterocycles. The van der Waals surface area contributed by atoms with Gasteiger partial charge in [0, 0.05) is 24.0 Å². The summed E-state index contributed by atoms with van der Waals surface area (Å²) in [5.74, 6) is 0.148. The van der Waals surface area contributed by atoms with Crippen molar-refractivity contribution >= 4 is 22.8 Å². The molecule has 0 radical (unpaired) electrons. The molecular weight excluding hydrogens is 284 g/mol. The Bertz CT molecular complexity index is 603. The van der Waals surface area contributed by atoms with Crippen LogP contribution in [0.25, 0.3) is 5.57 Å². The summed E-state index contributed by atoms with van der Waals surface area (Å²) in [6, 6.07) is 0. The number of morpholine rings is 1. The molecule has 2 heterocycles. The summed E-state index contributed by atoms with van der Waals surface area (Å²) in [4.78, 5) is 19.0. The van der Waals surface area contributed by atoms with E-state index in [0.29, 0.717) is 26.1 Å². The molecule has 0 spiro atoms. The van der Waals surface area contributed by atoms with Gasteiger partial charge in [-0.1, -0.05) is 13.0 Å². The average Bonchev–Trinajstić information content (AvgIpc) is 3.15. The second-order valence-corrected chi connectivity index (χ2v) is 6.50. The maximum absolute atomic E-state index is 12.6. The maximum Gasteiger partial charge on any atom is 0.250 e. The second-order valence-electron chi connectivity index (χ2n) is 5.44. The molecule has 1 aromatic heterocycles. The van der Waals surface area contributed by atoms with E-state index in [-0.39, 0.29) is 12.0 Å². The van der Waals surface area contributed by atoms with E-state index in [1.54, 1.807) is 11.3 Å². The van der Waals surface area contributed by atoms with Crippen molar-refractivity contribution in [3.05, 3.63) is 33.8 Å². The zero-order valence-corrected chi connectivity index (χ0v) is 13.3. The summed E-state index contributed by atoms with van der Waals surface area (Å²) in [6.45, 7) is 6.13. The Morgan fingerprint density at radius 1 is 1.57 bits per heavy atom. The Hall–Kier alpha value is -1.46. The van der Waals surface area contributed by atoms with E-state index >= 15 is 0 Å². The third-order valence-corrected chi connectivity index (χ3v) is 4.72. The first-order chi connectivity index (χ1) is 10.2. The van der Waals surface area contributed by atoms with Crippen LogP contribution in [-0.4, -0.2) is 41.6 Å². The minimum absolute atomic E-state index is 0.148. The van der Waals surface area contributed by atoms with Crippen LogP contribution in [0.2, 0.25) is 0 Å². The highest BCUT2D eigenvalue weighted by Gasteiger charge is 2.26. The van der Waals surface area contributed by atoms with E-state index < -0.39 is 0 Å². The number of amides is 1. The Balaban J connectivity index is 1.69. The molecule has 1 saturated heterocycles. The second kappa shape index (κ2) is 6.12. The number of carbonyl (C=O) groups excluding carboxylic acids is 1. The molecule has 1 aromatic rings. The topological polar surface area (TPSA) is 42.4 Å². The van der Waals surface area contributed by atoms with Crippen molar-refractivity contribution < 1.29 is 9.53 Å². The summed E-state index contributed by atoms with van der Waals surface area (Å²) < 4.78 is 5.63. The number of rotatable bonds is 3. The van der Waals surface area contributed by atoms with Crippen molar-refractivity contribution in [2.75, 3.05) is 19.7 Å². The Labute approximate surface area is 129 Å². The summed E-state index contributed by atoms with van der Waals surface area (Å²) >= 11 is 1.64. The van der Waals surface area contributed by atoms with Crippen LogP contribution in [0.3, 0.4) is 0 Å². The monoisotopic (exact) mass is 304 g/mol. The summed E-state index contributed by atoms with van der Waals surface area (Å²) in [5, 5.41) is 3.10. The molecule has 1 atom stereocenters. The van der Waals surface area contributed by atoms with Gasteiger partial charge in [0.1, 0.15) is 0 Å². The smallest absolute Gasteiger partial charge is 0.250 e. The molecular formula is C16H20N2O2S. The van der Waals surface area contributed by atoms with E-state index in [1.807, 2.05) is 23.3 Å². The van der Waals surface area contributed by atoms with Gasteiger partial charge in [-0.2, -0.15) is 0 Å². The molecule has 0 N–H and O–H groups in total. The molecule has 21 heavy (non-hydrogen) atoms. The normalized spacial score (nSPS) is 22.2. The van der Waals surface area contributed by atoms with Crippen LogP contribution in [0.1, 0.15) is 30.5 Å². The molecule has 0 bridgehead atoms. The minimum Gasteiger partial charge on any atom is -0.375 e. The lowest BCUT2D eigenvalue weighted by molar-refractivity contribution is -0.134. The summed E-state index contributed by atoms with van der Waals surface area (Å²) in [7, 11) is 0. The molecule has 1 fully saturated rings. The third kappa shape index (κ3) is 3.09. The van der Waals surface area contributed by atoms with Gasteiger partial charge in [-0.3, -0.25) is 4.79 Å². The molecule has 2 aliphatic rings. The van der Waals surface area contributed by atoms with Crippen LogP contribution in [0.15, 0.2) is 23.1 Å². The van der Waals surface area contributed by atoms with Crippen LogP contribution in [0, 0.1) is 6.92 Å². The van der Waals surface area contributed by atoms with Crippen molar-refractivity contribution in [2.45, 2.75) is 32.8 Å².